The van der Waals surface area contributed by atoms with Gasteiger partial charge in [-0.25, -0.2) is 4.68 Å². The number of nitrogens with zero attached hydrogens (tertiary/aromatic N) is 4. The van der Waals surface area contributed by atoms with Gasteiger partial charge in [0.05, 0.1) is 35.7 Å². The molecular weight excluding hydrogens is 512 g/mol. The average Bonchev–Trinajstić information content (AvgIpc) is 3.62. The first-order chi connectivity index (χ1) is 20.0. The third-order valence-electron chi connectivity index (χ3n) is 9.91. The van der Waals surface area contributed by atoms with Gasteiger partial charge in [0.15, 0.2) is 0 Å². The molecule has 4 aliphatic carbocycles. The van der Waals surface area contributed by atoms with Crippen molar-refractivity contribution >= 4 is 0 Å². The molecule has 0 amide bonds. The number of nitrogens with two attached hydrogens (primary N) is 1. The van der Waals surface area contributed by atoms with E-state index in [2.05, 4.69) is 34.6 Å². The van der Waals surface area contributed by atoms with E-state index in [-0.39, 0.29) is 11.3 Å². The zero-order valence-electron chi connectivity index (χ0n) is 23.0. The van der Waals surface area contributed by atoms with Crippen LogP contribution in [0.3, 0.4) is 0 Å². The Balaban J connectivity index is 1.36. The Bertz CT molecular complexity index is 1690. The molecule has 0 spiro atoms. The normalized spacial score (nSPS) is 27.8. The molecule has 8 heteroatoms. The molecule has 3 N–H and O–H groups in total. The third kappa shape index (κ3) is 3.72. The lowest BCUT2D eigenvalue weighted by molar-refractivity contribution is -0.00777. The topological polar surface area (TPSA) is 115 Å². The number of hydrogen-bond donors (Lipinski definition) is 2. The lowest BCUT2D eigenvalue weighted by atomic mass is 9.48. The van der Waals surface area contributed by atoms with Gasteiger partial charge in [0.2, 0.25) is 11.8 Å². The van der Waals surface area contributed by atoms with Gasteiger partial charge in [-0.05, 0) is 80.5 Å². The van der Waals surface area contributed by atoms with Crippen LogP contribution in [0.2, 0.25) is 0 Å². The second-order valence-corrected chi connectivity index (χ2v) is 12.4. The SMILES string of the molecule is COc1cccc(-c2[nH]nc3c2C(c2cn(-c4ccccc4)nc2C24CC5CC(CC(C5)C2)C4)C(C#N)=C(N)O3)c1. The molecule has 1 atom stereocenters. The first-order valence-electron chi connectivity index (χ1n) is 14.5. The largest absolute Gasteiger partial charge is 0.497 e. The first kappa shape index (κ1) is 24.3. The number of para-hydroxylation sites is 1. The number of allylic oxidation sites excluding steroid dienone is 1. The van der Waals surface area contributed by atoms with Crippen molar-refractivity contribution in [3.05, 3.63) is 89.1 Å². The summed E-state index contributed by atoms with van der Waals surface area (Å²) < 4.78 is 13.5. The van der Waals surface area contributed by atoms with E-state index < -0.39 is 5.92 Å². The van der Waals surface area contributed by atoms with E-state index in [9.17, 15) is 5.26 Å². The predicted molar refractivity (Wildman–Crippen MR) is 153 cm³/mol. The molecule has 41 heavy (non-hydrogen) atoms. The minimum absolute atomic E-state index is 0.00221. The van der Waals surface area contributed by atoms with Crippen LogP contribution in [0, 0.1) is 29.1 Å². The van der Waals surface area contributed by atoms with Crippen LogP contribution >= 0.6 is 0 Å². The highest BCUT2D eigenvalue weighted by atomic mass is 16.5. The Kier molecular flexibility index (Phi) is 5.33. The van der Waals surface area contributed by atoms with Crippen LogP contribution in [0.25, 0.3) is 16.9 Å². The second-order valence-electron chi connectivity index (χ2n) is 12.4. The summed E-state index contributed by atoms with van der Waals surface area (Å²) in [7, 11) is 1.65. The summed E-state index contributed by atoms with van der Waals surface area (Å²) in [6.45, 7) is 0. The molecule has 1 unspecified atom stereocenters. The summed E-state index contributed by atoms with van der Waals surface area (Å²) in [5.41, 5.74) is 12.4. The molecule has 0 saturated heterocycles. The number of methoxy groups -OCH3 is 1. The lowest BCUT2D eigenvalue weighted by Gasteiger charge is -2.56. The molecule has 9 rings (SSSR count). The summed E-state index contributed by atoms with van der Waals surface area (Å²) >= 11 is 0. The zero-order chi connectivity index (χ0) is 27.7. The van der Waals surface area contributed by atoms with Gasteiger partial charge in [-0.15, -0.1) is 5.10 Å². The summed E-state index contributed by atoms with van der Waals surface area (Å²) in [5, 5.41) is 23.6. The van der Waals surface area contributed by atoms with Gasteiger partial charge in [0.25, 0.3) is 0 Å². The fourth-order valence-corrected chi connectivity index (χ4v) is 8.68. The van der Waals surface area contributed by atoms with Crippen molar-refractivity contribution in [1.82, 2.24) is 20.0 Å². The van der Waals surface area contributed by atoms with Crippen LogP contribution in [0.4, 0.5) is 0 Å². The zero-order valence-corrected chi connectivity index (χ0v) is 23.0. The number of benzene rings is 2. The first-order valence-corrected chi connectivity index (χ1v) is 14.5. The molecule has 4 fully saturated rings. The van der Waals surface area contributed by atoms with E-state index in [0.29, 0.717) is 11.5 Å². The Hall–Kier alpha value is -4.51. The monoisotopic (exact) mass is 544 g/mol. The van der Waals surface area contributed by atoms with Crippen LogP contribution in [0.15, 0.2) is 72.3 Å². The van der Waals surface area contributed by atoms with Crippen molar-refractivity contribution in [1.29, 1.82) is 5.26 Å². The lowest BCUT2D eigenvalue weighted by Crippen LogP contribution is -2.49. The number of hydrogen-bond acceptors (Lipinski definition) is 6. The quantitative estimate of drug-likeness (QED) is 0.321. The number of aromatic amines is 1. The molecule has 2 aromatic carbocycles. The fourth-order valence-electron chi connectivity index (χ4n) is 8.68. The Labute approximate surface area is 238 Å². The highest BCUT2D eigenvalue weighted by molar-refractivity contribution is 5.72. The van der Waals surface area contributed by atoms with Crippen molar-refractivity contribution in [3.8, 4) is 34.6 Å². The summed E-state index contributed by atoms with van der Waals surface area (Å²) in [5.74, 6) is 3.01. The minimum atomic E-state index is -0.468. The maximum absolute atomic E-state index is 10.5. The molecular formula is C33H32N6O2. The number of aromatic nitrogens is 4. The number of rotatable bonds is 5. The number of nitriles is 1. The molecule has 1 aliphatic heterocycles. The summed E-state index contributed by atoms with van der Waals surface area (Å²) in [6.07, 6.45) is 9.61. The van der Waals surface area contributed by atoms with Crippen LogP contribution in [0.5, 0.6) is 11.6 Å². The van der Waals surface area contributed by atoms with Crippen molar-refractivity contribution in [2.75, 3.05) is 7.11 Å². The molecule has 5 aliphatic rings. The van der Waals surface area contributed by atoms with E-state index in [1.807, 2.05) is 47.1 Å². The number of ether oxygens (including phenoxy) is 2. The standard InChI is InChI=1S/C33H32N6O2/c1-40-24-9-5-6-22(13-24)29-28-27(25(17-34)31(35)41-32(28)37-36-29)26-18-39(23-7-3-2-4-8-23)38-30(26)33-14-19-10-20(15-33)12-21(11-19)16-33/h2-9,13,18-21,27H,10-12,14-16,35H2,1H3,(H,36,37). The highest BCUT2D eigenvalue weighted by Crippen LogP contribution is 2.62. The van der Waals surface area contributed by atoms with Gasteiger partial charge in [-0.1, -0.05) is 30.3 Å². The van der Waals surface area contributed by atoms with Gasteiger partial charge >= 0.3 is 0 Å². The van der Waals surface area contributed by atoms with Crippen molar-refractivity contribution in [2.24, 2.45) is 23.5 Å². The molecule has 8 nitrogen and oxygen atoms in total. The van der Waals surface area contributed by atoms with Crippen LogP contribution in [-0.4, -0.2) is 27.1 Å². The van der Waals surface area contributed by atoms with E-state index in [1.54, 1.807) is 7.11 Å². The second kappa shape index (κ2) is 9.00. The highest BCUT2D eigenvalue weighted by Gasteiger charge is 2.54. The van der Waals surface area contributed by atoms with Crippen molar-refractivity contribution in [2.45, 2.75) is 49.9 Å². The van der Waals surface area contributed by atoms with Gasteiger partial charge in [0, 0.05) is 22.7 Å². The van der Waals surface area contributed by atoms with E-state index in [4.69, 9.17) is 20.3 Å². The smallest absolute Gasteiger partial charge is 0.244 e. The van der Waals surface area contributed by atoms with Crippen molar-refractivity contribution in [3.63, 3.8) is 0 Å². The van der Waals surface area contributed by atoms with E-state index in [0.717, 1.165) is 76.5 Å². The minimum Gasteiger partial charge on any atom is -0.497 e. The number of H-pyrrole nitrogens is 1. The molecule has 4 bridgehead atoms. The maximum atomic E-state index is 10.5. The molecule has 2 aromatic heterocycles. The van der Waals surface area contributed by atoms with Gasteiger partial charge < -0.3 is 15.2 Å². The number of fused-ring (bicyclic) bond motifs is 1. The van der Waals surface area contributed by atoms with Crippen LogP contribution in [0.1, 0.15) is 61.3 Å². The number of nitrogens with one attached hydrogen (secondary N) is 1. The van der Waals surface area contributed by atoms with E-state index >= 15 is 0 Å². The van der Waals surface area contributed by atoms with Gasteiger partial charge in [-0.2, -0.15) is 10.4 Å². The third-order valence-corrected chi connectivity index (χ3v) is 9.91. The molecule has 206 valence electrons. The predicted octanol–water partition coefficient (Wildman–Crippen LogP) is 5.96. The summed E-state index contributed by atoms with van der Waals surface area (Å²) in [6, 6.07) is 20.5. The average molecular weight is 545 g/mol. The Morgan fingerprint density at radius 2 is 1.78 bits per heavy atom. The fraction of sp³-hybridized carbons (Fsp3) is 0.364. The van der Waals surface area contributed by atoms with Gasteiger partial charge in [0.1, 0.15) is 17.4 Å². The van der Waals surface area contributed by atoms with Gasteiger partial charge in [-0.3, -0.25) is 5.10 Å². The van der Waals surface area contributed by atoms with Crippen LogP contribution in [-0.2, 0) is 5.41 Å². The van der Waals surface area contributed by atoms with Crippen LogP contribution < -0.4 is 15.2 Å². The molecule has 0 radical (unpaired) electrons. The Morgan fingerprint density at radius 1 is 1.05 bits per heavy atom. The molecule has 4 aromatic rings. The van der Waals surface area contributed by atoms with E-state index in [1.165, 1.54) is 19.3 Å². The summed E-state index contributed by atoms with van der Waals surface area (Å²) in [4.78, 5) is 0. The molecule has 3 heterocycles. The Morgan fingerprint density at radius 3 is 2.46 bits per heavy atom. The van der Waals surface area contributed by atoms with Crippen molar-refractivity contribution < 1.29 is 9.47 Å². The maximum Gasteiger partial charge on any atom is 0.244 e. The molecule has 4 saturated carbocycles.